The molecule has 1 amide bonds. The highest BCUT2D eigenvalue weighted by Crippen LogP contribution is 2.45. The van der Waals surface area contributed by atoms with Gasteiger partial charge in [-0.25, -0.2) is 4.39 Å². The predicted octanol–water partition coefficient (Wildman–Crippen LogP) is 3.50. The van der Waals surface area contributed by atoms with Crippen molar-refractivity contribution >= 4 is 5.91 Å². The minimum absolute atomic E-state index is 0.0231. The van der Waals surface area contributed by atoms with Crippen LogP contribution in [0, 0.1) is 11.7 Å². The van der Waals surface area contributed by atoms with E-state index in [1.54, 1.807) is 12.1 Å². The quantitative estimate of drug-likeness (QED) is 0.477. The molecule has 34 heavy (non-hydrogen) atoms. The van der Waals surface area contributed by atoms with E-state index >= 15 is 0 Å². The van der Waals surface area contributed by atoms with Crippen LogP contribution in [0.1, 0.15) is 17.5 Å². The zero-order chi connectivity index (χ0) is 24.2. The van der Waals surface area contributed by atoms with Gasteiger partial charge in [0.25, 0.3) is 0 Å². The van der Waals surface area contributed by atoms with Gasteiger partial charge in [0, 0.05) is 12.3 Å². The maximum Gasteiger partial charge on any atom is 0.233 e. The number of carbonyl (C=O) groups is 1. The zero-order valence-corrected chi connectivity index (χ0v) is 19.4. The first-order chi connectivity index (χ1) is 16.3. The third-order valence-electron chi connectivity index (χ3n) is 7.05. The van der Waals surface area contributed by atoms with Gasteiger partial charge in [0.1, 0.15) is 36.2 Å². The molecular formula is C28H32FN2O3+. The SMILES string of the molecule is C[N+]1(C[C@H](O)COc2ccc(F)cc2)CC[C@@H](C(C(N)=O)(c2ccccc2)c2ccccc2)C1. The number of nitrogens with zero attached hydrogens (tertiary/aromatic N) is 1. The Morgan fingerprint density at radius 3 is 2.15 bits per heavy atom. The number of aliphatic hydroxyl groups excluding tert-OH is 1. The van der Waals surface area contributed by atoms with E-state index < -0.39 is 11.5 Å². The Balaban J connectivity index is 1.54. The lowest BCUT2D eigenvalue weighted by Gasteiger charge is -2.38. The van der Waals surface area contributed by atoms with Crippen LogP contribution in [0.25, 0.3) is 0 Å². The smallest absolute Gasteiger partial charge is 0.233 e. The first kappa shape index (κ1) is 23.9. The van der Waals surface area contributed by atoms with Crippen LogP contribution in [0.5, 0.6) is 5.75 Å². The molecule has 1 saturated heterocycles. The number of benzene rings is 3. The molecule has 0 spiro atoms. The summed E-state index contributed by atoms with van der Waals surface area (Å²) in [6, 6.07) is 25.3. The van der Waals surface area contributed by atoms with Crippen molar-refractivity contribution in [3.63, 3.8) is 0 Å². The average molecular weight is 464 g/mol. The van der Waals surface area contributed by atoms with Crippen molar-refractivity contribution in [2.75, 3.05) is 33.3 Å². The lowest BCUT2D eigenvalue weighted by Crippen LogP contribution is -2.53. The third-order valence-corrected chi connectivity index (χ3v) is 7.05. The second-order valence-corrected chi connectivity index (χ2v) is 9.52. The van der Waals surface area contributed by atoms with Gasteiger partial charge in [-0.2, -0.15) is 0 Å². The summed E-state index contributed by atoms with van der Waals surface area (Å²) in [6.45, 7) is 2.10. The van der Waals surface area contributed by atoms with E-state index in [-0.39, 0.29) is 24.2 Å². The number of likely N-dealkylation sites (N-methyl/N-ethyl adjacent to an activating group) is 1. The van der Waals surface area contributed by atoms with Crippen molar-refractivity contribution in [1.29, 1.82) is 0 Å². The number of amides is 1. The maximum atomic E-state index is 13.2. The zero-order valence-electron chi connectivity index (χ0n) is 19.4. The fourth-order valence-electron chi connectivity index (χ4n) is 5.51. The molecule has 1 fully saturated rings. The number of ether oxygens (including phenoxy) is 1. The summed E-state index contributed by atoms with van der Waals surface area (Å²) >= 11 is 0. The van der Waals surface area contributed by atoms with Crippen LogP contribution in [-0.4, -0.2) is 54.9 Å². The van der Waals surface area contributed by atoms with Crippen LogP contribution in [0.3, 0.4) is 0 Å². The Morgan fingerprint density at radius 2 is 1.62 bits per heavy atom. The molecule has 1 aliphatic heterocycles. The van der Waals surface area contributed by atoms with Gasteiger partial charge in [0.05, 0.1) is 20.1 Å². The molecule has 178 valence electrons. The van der Waals surface area contributed by atoms with E-state index in [1.807, 2.05) is 60.7 Å². The van der Waals surface area contributed by atoms with Gasteiger partial charge < -0.3 is 20.1 Å². The van der Waals surface area contributed by atoms with E-state index in [1.165, 1.54) is 12.1 Å². The minimum Gasteiger partial charge on any atom is -0.491 e. The van der Waals surface area contributed by atoms with Gasteiger partial charge in [-0.1, -0.05) is 60.7 Å². The van der Waals surface area contributed by atoms with E-state index in [0.29, 0.717) is 23.3 Å². The number of nitrogens with two attached hydrogens (primary N) is 1. The maximum absolute atomic E-state index is 13.2. The van der Waals surface area contributed by atoms with Crippen molar-refractivity contribution in [1.82, 2.24) is 0 Å². The third kappa shape index (κ3) is 4.83. The molecule has 0 saturated carbocycles. The molecule has 0 aromatic heterocycles. The van der Waals surface area contributed by atoms with Crippen LogP contribution in [0.2, 0.25) is 0 Å². The number of quaternary nitrogens is 1. The van der Waals surface area contributed by atoms with Crippen LogP contribution in [0.15, 0.2) is 84.9 Å². The number of hydrogen-bond donors (Lipinski definition) is 2. The van der Waals surface area contributed by atoms with Crippen molar-refractivity contribution in [3.05, 3.63) is 102 Å². The molecule has 5 nitrogen and oxygen atoms in total. The Morgan fingerprint density at radius 1 is 1.06 bits per heavy atom. The molecule has 0 aliphatic carbocycles. The number of halogens is 1. The summed E-state index contributed by atoms with van der Waals surface area (Å²) in [5.41, 5.74) is 7.03. The second-order valence-electron chi connectivity index (χ2n) is 9.52. The monoisotopic (exact) mass is 463 g/mol. The highest BCUT2D eigenvalue weighted by atomic mass is 19.1. The van der Waals surface area contributed by atoms with Crippen molar-refractivity contribution in [2.24, 2.45) is 11.7 Å². The molecule has 3 aromatic carbocycles. The number of aliphatic hydroxyl groups is 1. The molecule has 3 aromatic rings. The average Bonchev–Trinajstić information content (AvgIpc) is 3.22. The number of primary amides is 1. The fraction of sp³-hybridized carbons (Fsp3) is 0.321. The Hall–Kier alpha value is -3.22. The van der Waals surface area contributed by atoms with Gasteiger partial charge in [-0.05, 0) is 35.4 Å². The van der Waals surface area contributed by atoms with Gasteiger partial charge in [-0.15, -0.1) is 0 Å². The molecular weight excluding hydrogens is 431 g/mol. The van der Waals surface area contributed by atoms with Crippen LogP contribution in [0.4, 0.5) is 4.39 Å². The number of carbonyl (C=O) groups excluding carboxylic acids is 1. The van der Waals surface area contributed by atoms with Crippen LogP contribution < -0.4 is 10.5 Å². The summed E-state index contributed by atoms with van der Waals surface area (Å²) in [4.78, 5) is 13.2. The summed E-state index contributed by atoms with van der Waals surface area (Å²) in [5.74, 6) is -0.194. The highest BCUT2D eigenvalue weighted by molar-refractivity contribution is 5.91. The summed E-state index contributed by atoms with van der Waals surface area (Å²) in [6.07, 6.45) is 0.0969. The number of likely N-dealkylation sites (tertiary alicyclic amines) is 1. The molecule has 1 aliphatic rings. The topological polar surface area (TPSA) is 72.6 Å². The Bertz CT molecular complexity index is 1050. The largest absolute Gasteiger partial charge is 0.491 e. The lowest BCUT2D eigenvalue weighted by molar-refractivity contribution is -0.902. The van der Waals surface area contributed by atoms with E-state index in [9.17, 15) is 14.3 Å². The van der Waals surface area contributed by atoms with Crippen molar-refractivity contribution in [3.8, 4) is 5.75 Å². The number of hydrogen-bond acceptors (Lipinski definition) is 3. The first-order valence-corrected chi connectivity index (χ1v) is 11.6. The molecule has 1 heterocycles. The van der Waals surface area contributed by atoms with E-state index in [0.717, 1.165) is 24.1 Å². The van der Waals surface area contributed by atoms with Crippen LogP contribution >= 0.6 is 0 Å². The lowest BCUT2D eigenvalue weighted by atomic mass is 9.64. The summed E-state index contributed by atoms with van der Waals surface area (Å²) < 4.78 is 19.4. The standard InChI is InChI=1S/C28H31FN2O3/c1-31(19-25(32)20-34-26-14-12-24(29)13-15-26)17-16-23(18-31)28(27(30)33,21-8-4-2-5-9-21)22-10-6-3-7-11-22/h2-15,23,25,32H,16-20H2,1H3,(H-,30,33)/p+1/t23-,25+,31?/m1/s1. The molecule has 0 radical (unpaired) electrons. The van der Waals surface area contributed by atoms with Crippen molar-refractivity contribution < 1.29 is 23.5 Å². The number of rotatable bonds is 9. The van der Waals surface area contributed by atoms with E-state index in [4.69, 9.17) is 10.5 Å². The molecule has 0 bridgehead atoms. The second kappa shape index (κ2) is 9.95. The van der Waals surface area contributed by atoms with Gasteiger partial charge >= 0.3 is 0 Å². The van der Waals surface area contributed by atoms with Gasteiger partial charge in [-0.3, -0.25) is 4.79 Å². The van der Waals surface area contributed by atoms with Crippen LogP contribution in [-0.2, 0) is 10.2 Å². The summed E-state index contributed by atoms with van der Waals surface area (Å²) in [5, 5.41) is 10.7. The summed E-state index contributed by atoms with van der Waals surface area (Å²) in [7, 11) is 2.10. The molecule has 6 heteroatoms. The van der Waals surface area contributed by atoms with Gasteiger partial charge in [0.15, 0.2) is 0 Å². The highest BCUT2D eigenvalue weighted by Gasteiger charge is 2.53. The van der Waals surface area contributed by atoms with E-state index in [2.05, 4.69) is 7.05 Å². The molecule has 4 rings (SSSR count). The van der Waals surface area contributed by atoms with Gasteiger partial charge in [0.2, 0.25) is 5.91 Å². The Labute approximate surface area is 200 Å². The predicted molar refractivity (Wildman–Crippen MR) is 130 cm³/mol. The molecule has 3 atom stereocenters. The fourth-order valence-corrected chi connectivity index (χ4v) is 5.51. The molecule has 1 unspecified atom stereocenters. The normalized spacial score (nSPS) is 21.2. The Kier molecular flexibility index (Phi) is 7.00. The first-order valence-electron chi connectivity index (χ1n) is 11.6. The van der Waals surface area contributed by atoms with Crippen molar-refractivity contribution in [2.45, 2.75) is 17.9 Å². The molecule has 3 N–H and O–H groups in total. The minimum atomic E-state index is -0.950.